The van der Waals surface area contributed by atoms with Gasteiger partial charge in [-0.2, -0.15) is 5.26 Å². The smallest absolute Gasteiger partial charge is 0.379 e. The number of anilines is 1. The summed E-state index contributed by atoms with van der Waals surface area (Å²) in [5, 5.41) is 11.7. The summed E-state index contributed by atoms with van der Waals surface area (Å²) >= 11 is 0. The molecule has 1 heterocycles. The fourth-order valence-electron chi connectivity index (χ4n) is 2.47. The average Bonchev–Trinajstić information content (AvgIpc) is 3.29. The molecular formula is C22H15FN2O5. The van der Waals surface area contributed by atoms with Crippen molar-refractivity contribution in [2.75, 3.05) is 12.4 Å². The third-order valence-corrected chi connectivity index (χ3v) is 3.91. The van der Waals surface area contributed by atoms with Gasteiger partial charge in [0.15, 0.2) is 11.5 Å². The standard InChI is InChI=1S/C22H15FN2O5/c1-28-20-12-14(8-9-18(20)30-22(27)19-7-4-10-29-19)11-15(13-24)21(26)25-17-6-3-2-5-16(17)23/h2-12H,1H3,(H,25,26)/b15-11+. The highest BCUT2D eigenvalue weighted by Crippen LogP contribution is 2.30. The van der Waals surface area contributed by atoms with Gasteiger partial charge < -0.3 is 19.2 Å². The Morgan fingerprint density at radius 1 is 1.13 bits per heavy atom. The Morgan fingerprint density at radius 2 is 1.93 bits per heavy atom. The lowest BCUT2D eigenvalue weighted by Crippen LogP contribution is -2.14. The minimum atomic E-state index is -0.769. The number of benzene rings is 2. The SMILES string of the molecule is COc1cc(/C=C(\C#N)C(=O)Nc2ccccc2F)ccc1OC(=O)c1ccco1. The van der Waals surface area contributed by atoms with Crippen LogP contribution in [0.1, 0.15) is 16.1 Å². The first kappa shape index (κ1) is 20.4. The number of nitrogens with one attached hydrogen (secondary N) is 1. The molecule has 3 rings (SSSR count). The van der Waals surface area contributed by atoms with Crippen molar-refractivity contribution in [1.29, 1.82) is 5.26 Å². The molecule has 2 aromatic carbocycles. The maximum Gasteiger partial charge on any atom is 0.379 e. The second-order valence-corrected chi connectivity index (χ2v) is 5.88. The van der Waals surface area contributed by atoms with Gasteiger partial charge in [-0.05, 0) is 48.0 Å². The molecule has 0 aliphatic rings. The van der Waals surface area contributed by atoms with Crippen molar-refractivity contribution >= 4 is 23.6 Å². The van der Waals surface area contributed by atoms with Crippen LogP contribution in [0.2, 0.25) is 0 Å². The second-order valence-electron chi connectivity index (χ2n) is 5.88. The third-order valence-electron chi connectivity index (χ3n) is 3.91. The summed E-state index contributed by atoms with van der Waals surface area (Å²) in [6.07, 6.45) is 2.65. The minimum Gasteiger partial charge on any atom is -0.493 e. The molecule has 7 nitrogen and oxygen atoms in total. The quantitative estimate of drug-likeness (QED) is 0.285. The van der Waals surface area contributed by atoms with E-state index in [9.17, 15) is 19.2 Å². The molecular weight excluding hydrogens is 391 g/mol. The zero-order valence-corrected chi connectivity index (χ0v) is 15.7. The average molecular weight is 406 g/mol. The van der Waals surface area contributed by atoms with Gasteiger partial charge in [-0.1, -0.05) is 18.2 Å². The van der Waals surface area contributed by atoms with Crippen LogP contribution in [0.5, 0.6) is 11.5 Å². The van der Waals surface area contributed by atoms with E-state index in [1.54, 1.807) is 18.2 Å². The Hall–Kier alpha value is -4.38. The van der Waals surface area contributed by atoms with Crippen molar-refractivity contribution in [1.82, 2.24) is 0 Å². The van der Waals surface area contributed by atoms with Gasteiger partial charge in [0.2, 0.25) is 5.76 Å². The molecule has 0 atom stereocenters. The van der Waals surface area contributed by atoms with Crippen LogP contribution in [0.25, 0.3) is 6.08 Å². The highest BCUT2D eigenvalue weighted by molar-refractivity contribution is 6.09. The van der Waals surface area contributed by atoms with Gasteiger partial charge >= 0.3 is 5.97 Å². The van der Waals surface area contributed by atoms with Crippen molar-refractivity contribution in [2.45, 2.75) is 0 Å². The first-order chi connectivity index (χ1) is 14.5. The topological polar surface area (TPSA) is 102 Å². The Kier molecular flexibility index (Phi) is 6.25. The number of hydrogen-bond acceptors (Lipinski definition) is 6. The van der Waals surface area contributed by atoms with E-state index in [2.05, 4.69) is 5.32 Å². The molecule has 0 spiro atoms. The molecule has 0 radical (unpaired) electrons. The van der Waals surface area contributed by atoms with Crippen LogP contribution in [0.4, 0.5) is 10.1 Å². The van der Waals surface area contributed by atoms with E-state index in [0.717, 1.165) is 0 Å². The summed E-state index contributed by atoms with van der Waals surface area (Å²) in [4.78, 5) is 24.4. The first-order valence-corrected chi connectivity index (χ1v) is 8.63. The van der Waals surface area contributed by atoms with Crippen LogP contribution in [0, 0.1) is 17.1 Å². The van der Waals surface area contributed by atoms with Gasteiger partial charge in [-0.15, -0.1) is 0 Å². The van der Waals surface area contributed by atoms with E-state index in [4.69, 9.17) is 13.9 Å². The summed E-state index contributed by atoms with van der Waals surface area (Å²) in [5.74, 6) is -1.73. The molecule has 1 amide bonds. The summed E-state index contributed by atoms with van der Waals surface area (Å²) < 4.78 is 29.2. The number of para-hydroxylation sites is 1. The van der Waals surface area contributed by atoms with Crippen molar-refractivity contribution in [2.24, 2.45) is 0 Å². The number of methoxy groups -OCH3 is 1. The van der Waals surface area contributed by atoms with Crippen LogP contribution in [-0.2, 0) is 4.79 Å². The highest BCUT2D eigenvalue weighted by Gasteiger charge is 2.16. The zero-order valence-electron chi connectivity index (χ0n) is 15.7. The van der Waals surface area contributed by atoms with Gasteiger partial charge in [0.05, 0.1) is 19.1 Å². The van der Waals surface area contributed by atoms with Gasteiger partial charge in [0, 0.05) is 0 Å². The van der Waals surface area contributed by atoms with Crippen molar-refractivity contribution in [3.8, 4) is 17.6 Å². The number of furan rings is 1. The molecule has 30 heavy (non-hydrogen) atoms. The highest BCUT2D eigenvalue weighted by atomic mass is 19.1. The van der Waals surface area contributed by atoms with E-state index in [-0.39, 0.29) is 28.5 Å². The molecule has 0 saturated heterocycles. The van der Waals surface area contributed by atoms with Crippen LogP contribution >= 0.6 is 0 Å². The molecule has 0 bridgehead atoms. The molecule has 0 fully saturated rings. The van der Waals surface area contributed by atoms with Crippen molar-refractivity contribution in [3.05, 3.63) is 83.6 Å². The summed E-state index contributed by atoms with van der Waals surface area (Å²) in [6.45, 7) is 0. The van der Waals surface area contributed by atoms with Gasteiger partial charge in [-0.3, -0.25) is 4.79 Å². The molecule has 0 saturated carbocycles. The molecule has 0 aliphatic carbocycles. The maximum atomic E-state index is 13.7. The van der Waals surface area contributed by atoms with Gasteiger partial charge in [0.25, 0.3) is 5.91 Å². The lowest BCUT2D eigenvalue weighted by atomic mass is 10.1. The molecule has 150 valence electrons. The number of halogens is 1. The van der Waals surface area contributed by atoms with E-state index < -0.39 is 17.7 Å². The lowest BCUT2D eigenvalue weighted by Gasteiger charge is -2.09. The normalized spacial score (nSPS) is 10.8. The van der Waals surface area contributed by atoms with E-state index in [0.29, 0.717) is 5.56 Å². The van der Waals surface area contributed by atoms with Crippen LogP contribution in [0.15, 0.2) is 70.9 Å². The molecule has 0 aliphatic heterocycles. The van der Waals surface area contributed by atoms with Crippen LogP contribution in [0.3, 0.4) is 0 Å². The summed E-state index contributed by atoms with van der Waals surface area (Å²) in [5.41, 5.74) is 0.145. The molecule has 3 aromatic rings. The van der Waals surface area contributed by atoms with Crippen molar-refractivity contribution in [3.63, 3.8) is 0 Å². The number of nitrogens with zero attached hydrogens (tertiary/aromatic N) is 1. The fourth-order valence-corrected chi connectivity index (χ4v) is 2.47. The monoisotopic (exact) mass is 406 g/mol. The largest absolute Gasteiger partial charge is 0.493 e. The van der Waals surface area contributed by atoms with Crippen LogP contribution in [-0.4, -0.2) is 19.0 Å². The molecule has 0 unspecified atom stereocenters. The number of nitriles is 1. The Morgan fingerprint density at radius 3 is 2.60 bits per heavy atom. The maximum absolute atomic E-state index is 13.7. The van der Waals surface area contributed by atoms with Crippen molar-refractivity contribution < 1.29 is 27.9 Å². The van der Waals surface area contributed by atoms with Gasteiger partial charge in [0.1, 0.15) is 17.5 Å². The van der Waals surface area contributed by atoms with E-state index in [1.165, 1.54) is 61.9 Å². The van der Waals surface area contributed by atoms with E-state index >= 15 is 0 Å². The Labute approximate surface area is 170 Å². The number of amides is 1. The second kappa shape index (κ2) is 9.21. The molecule has 8 heteroatoms. The predicted molar refractivity (Wildman–Crippen MR) is 105 cm³/mol. The number of carbonyl (C=O) groups is 2. The predicted octanol–water partition coefficient (Wildman–Crippen LogP) is 4.19. The fraction of sp³-hybridized carbons (Fsp3) is 0.0455. The minimum absolute atomic E-state index is 0.0256. The summed E-state index contributed by atoms with van der Waals surface area (Å²) in [7, 11) is 1.38. The Balaban J connectivity index is 1.81. The number of carbonyl (C=O) groups excluding carboxylic acids is 2. The van der Waals surface area contributed by atoms with E-state index in [1.807, 2.05) is 0 Å². The zero-order chi connectivity index (χ0) is 21.5. The number of ether oxygens (including phenoxy) is 2. The number of rotatable bonds is 6. The van der Waals surface area contributed by atoms with Crippen LogP contribution < -0.4 is 14.8 Å². The lowest BCUT2D eigenvalue weighted by molar-refractivity contribution is -0.112. The third kappa shape index (κ3) is 4.72. The molecule has 1 aromatic heterocycles. The molecule has 1 N–H and O–H groups in total. The number of hydrogen-bond donors (Lipinski definition) is 1. The summed E-state index contributed by atoms with van der Waals surface area (Å²) in [6, 6.07) is 14.9. The first-order valence-electron chi connectivity index (χ1n) is 8.63. The number of esters is 1. The van der Waals surface area contributed by atoms with Gasteiger partial charge in [-0.25, -0.2) is 9.18 Å². The Bertz CT molecular complexity index is 1150.